The summed E-state index contributed by atoms with van der Waals surface area (Å²) in [4.78, 5) is 2.42. The van der Waals surface area contributed by atoms with Crippen molar-refractivity contribution in [1.82, 2.24) is 20.5 Å². The van der Waals surface area contributed by atoms with E-state index in [0.717, 1.165) is 55.6 Å². The van der Waals surface area contributed by atoms with E-state index >= 15 is 0 Å². The lowest BCUT2D eigenvalue weighted by molar-refractivity contribution is 0.0893. The molecule has 1 unspecified atom stereocenters. The van der Waals surface area contributed by atoms with Crippen molar-refractivity contribution in [2.24, 2.45) is 0 Å². The summed E-state index contributed by atoms with van der Waals surface area (Å²) in [5, 5.41) is 20.7. The number of rotatable bonds is 7. The smallest absolute Gasteiger partial charge is 0.139 e. The van der Waals surface area contributed by atoms with Crippen LogP contribution >= 0.6 is 0 Å². The molecule has 120 valence electrons. The molecule has 6 heteroatoms. The van der Waals surface area contributed by atoms with E-state index in [1.54, 1.807) is 0 Å². The van der Waals surface area contributed by atoms with Crippen molar-refractivity contribution in [2.75, 3.05) is 26.2 Å². The SMILES string of the molecule is OCC1CCCCN1CCCNCc1cccc2nonc12. The van der Waals surface area contributed by atoms with E-state index in [0.29, 0.717) is 6.04 Å². The van der Waals surface area contributed by atoms with E-state index in [1.807, 2.05) is 18.2 Å². The Balaban J connectivity index is 1.41. The average molecular weight is 304 g/mol. The number of hydrogen-bond acceptors (Lipinski definition) is 6. The van der Waals surface area contributed by atoms with E-state index in [4.69, 9.17) is 4.63 Å². The summed E-state index contributed by atoms with van der Waals surface area (Å²) in [6.07, 6.45) is 4.72. The van der Waals surface area contributed by atoms with Crippen molar-refractivity contribution in [2.45, 2.75) is 38.3 Å². The first-order valence-corrected chi connectivity index (χ1v) is 8.14. The predicted molar refractivity (Wildman–Crippen MR) is 84.4 cm³/mol. The summed E-state index contributed by atoms with van der Waals surface area (Å²) < 4.78 is 4.78. The van der Waals surface area contributed by atoms with Gasteiger partial charge >= 0.3 is 0 Å². The van der Waals surface area contributed by atoms with Gasteiger partial charge in [0.15, 0.2) is 0 Å². The predicted octanol–water partition coefficient (Wildman–Crippen LogP) is 1.55. The molecule has 0 aliphatic carbocycles. The van der Waals surface area contributed by atoms with E-state index in [1.165, 1.54) is 12.8 Å². The van der Waals surface area contributed by atoms with Crippen LogP contribution < -0.4 is 5.32 Å². The van der Waals surface area contributed by atoms with E-state index in [-0.39, 0.29) is 6.61 Å². The minimum atomic E-state index is 0.286. The van der Waals surface area contributed by atoms with Crippen molar-refractivity contribution in [3.05, 3.63) is 23.8 Å². The second-order valence-electron chi connectivity index (χ2n) is 5.95. The fourth-order valence-corrected chi connectivity index (χ4v) is 3.20. The fraction of sp³-hybridized carbons (Fsp3) is 0.625. The number of benzene rings is 1. The van der Waals surface area contributed by atoms with Crippen LogP contribution in [0.1, 0.15) is 31.2 Å². The van der Waals surface area contributed by atoms with Crippen molar-refractivity contribution < 1.29 is 9.74 Å². The van der Waals surface area contributed by atoms with Gasteiger partial charge in [-0.15, -0.1) is 0 Å². The molecule has 2 N–H and O–H groups in total. The molecule has 0 radical (unpaired) electrons. The number of nitrogens with one attached hydrogen (secondary N) is 1. The van der Waals surface area contributed by atoms with Crippen LogP contribution in [0.4, 0.5) is 0 Å². The van der Waals surface area contributed by atoms with Gasteiger partial charge < -0.3 is 10.4 Å². The number of nitrogens with zero attached hydrogens (tertiary/aromatic N) is 3. The van der Waals surface area contributed by atoms with Gasteiger partial charge in [-0.3, -0.25) is 4.90 Å². The molecule has 1 aliphatic heterocycles. The first kappa shape index (κ1) is 15.4. The van der Waals surface area contributed by atoms with Crippen LogP contribution in [-0.4, -0.2) is 52.6 Å². The molecule has 22 heavy (non-hydrogen) atoms. The summed E-state index contributed by atoms with van der Waals surface area (Å²) in [6, 6.07) is 6.29. The number of likely N-dealkylation sites (tertiary alicyclic amines) is 1. The van der Waals surface area contributed by atoms with Gasteiger partial charge in [0, 0.05) is 12.6 Å². The average Bonchev–Trinajstić information content (AvgIpc) is 3.04. The third kappa shape index (κ3) is 3.63. The van der Waals surface area contributed by atoms with Crippen LogP contribution in [-0.2, 0) is 6.54 Å². The second-order valence-corrected chi connectivity index (χ2v) is 5.95. The van der Waals surface area contributed by atoms with Crippen LogP contribution in [0.3, 0.4) is 0 Å². The molecular weight excluding hydrogens is 280 g/mol. The van der Waals surface area contributed by atoms with Crippen LogP contribution in [0.5, 0.6) is 0 Å². The number of aliphatic hydroxyl groups is 1. The standard InChI is InChI=1S/C16H24N4O2/c21-12-14-6-1-2-9-20(14)10-4-8-17-11-13-5-3-7-15-16(13)19-22-18-15/h3,5,7,14,17,21H,1-2,4,6,8-12H2. The lowest BCUT2D eigenvalue weighted by Gasteiger charge is -2.34. The Kier molecular flexibility index (Phi) is 5.37. The minimum absolute atomic E-state index is 0.286. The summed E-state index contributed by atoms with van der Waals surface area (Å²) in [7, 11) is 0. The van der Waals surface area contributed by atoms with Gasteiger partial charge in [-0.2, -0.15) is 0 Å². The molecule has 6 nitrogen and oxygen atoms in total. The van der Waals surface area contributed by atoms with Gasteiger partial charge in [-0.1, -0.05) is 18.6 Å². The van der Waals surface area contributed by atoms with Crippen molar-refractivity contribution in [3.8, 4) is 0 Å². The quantitative estimate of drug-likeness (QED) is 0.756. The molecule has 1 saturated heterocycles. The molecule has 1 aromatic carbocycles. The maximum absolute atomic E-state index is 9.41. The molecule has 2 heterocycles. The first-order chi connectivity index (χ1) is 10.9. The molecular formula is C16H24N4O2. The molecule has 1 fully saturated rings. The lowest BCUT2D eigenvalue weighted by atomic mass is 10.0. The molecule has 0 saturated carbocycles. The van der Waals surface area contributed by atoms with Crippen molar-refractivity contribution in [3.63, 3.8) is 0 Å². The molecule has 2 aromatic rings. The van der Waals surface area contributed by atoms with E-state index < -0.39 is 0 Å². The molecule has 1 aliphatic rings. The highest BCUT2D eigenvalue weighted by atomic mass is 16.6. The van der Waals surface area contributed by atoms with Gasteiger partial charge in [0.2, 0.25) is 0 Å². The molecule has 1 aromatic heterocycles. The Morgan fingerprint density at radius 3 is 3.18 bits per heavy atom. The molecule has 0 bridgehead atoms. The summed E-state index contributed by atoms with van der Waals surface area (Å²) in [6.45, 7) is 4.18. The van der Waals surface area contributed by atoms with Gasteiger partial charge in [-0.05, 0) is 60.8 Å². The second kappa shape index (κ2) is 7.67. The third-order valence-corrected chi connectivity index (χ3v) is 4.44. The third-order valence-electron chi connectivity index (χ3n) is 4.44. The first-order valence-electron chi connectivity index (χ1n) is 8.14. The highest BCUT2D eigenvalue weighted by molar-refractivity contribution is 5.76. The number of aromatic nitrogens is 2. The maximum atomic E-state index is 9.41. The monoisotopic (exact) mass is 304 g/mol. The summed E-state index contributed by atoms with van der Waals surface area (Å²) in [5.41, 5.74) is 2.76. The van der Waals surface area contributed by atoms with Crippen LogP contribution in [0, 0.1) is 0 Å². The van der Waals surface area contributed by atoms with Crippen LogP contribution in [0.25, 0.3) is 11.0 Å². The van der Waals surface area contributed by atoms with Crippen LogP contribution in [0.2, 0.25) is 0 Å². The topological polar surface area (TPSA) is 74.4 Å². The molecule has 0 amide bonds. The van der Waals surface area contributed by atoms with E-state index in [2.05, 4.69) is 20.5 Å². The Hall–Kier alpha value is -1.50. The number of fused-ring (bicyclic) bond motifs is 1. The molecule has 0 spiro atoms. The fourth-order valence-electron chi connectivity index (χ4n) is 3.20. The highest BCUT2D eigenvalue weighted by Crippen LogP contribution is 2.17. The maximum Gasteiger partial charge on any atom is 0.139 e. The Morgan fingerprint density at radius 2 is 2.27 bits per heavy atom. The van der Waals surface area contributed by atoms with Crippen molar-refractivity contribution >= 4 is 11.0 Å². The zero-order valence-corrected chi connectivity index (χ0v) is 12.9. The zero-order chi connectivity index (χ0) is 15.2. The highest BCUT2D eigenvalue weighted by Gasteiger charge is 2.20. The number of piperidine rings is 1. The largest absolute Gasteiger partial charge is 0.395 e. The lowest BCUT2D eigenvalue weighted by Crippen LogP contribution is -2.42. The van der Waals surface area contributed by atoms with Gasteiger partial charge in [-0.25, -0.2) is 4.63 Å². The normalized spacial score (nSPS) is 19.8. The number of hydrogen-bond donors (Lipinski definition) is 2. The van der Waals surface area contributed by atoms with Crippen LogP contribution in [0.15, 0.2) is 22.8 Å². The van der Waals surface area contributed by atoms with Gasteiger partial charge in [0.05, 0.1) is 6.61 Å². The Bertz CT molecular complexity index is 586. The van der Waals surface area contributed by atoms with Gasteiger partial charge in [0.25, 0.3) is 0 Å². The number of aliphatic hydroxyl groups excluding tert-OH is 1. The minimum Gasteiger partial charge on any atom is -0.395 e. The zero-order valence-electron chi connectivity index (χ0n) is 12.9. The van der Waals surface area contributed by atoms with Crippen molar-refractivity contribution in [1.29, 1.82) is 0 Å². The molecule has 1 atom stereocenters. The Morgan fingerprint density at radius 1 is 1.32 bits per heavy atom. The summed E-state index contributed by atoms with van der Waals surface area (Å²) in [5.74, 6) is 0. The molecule has 3 rings (SSSR count). The summed E-state index contributed by atoms with van der Waals surface area (Å²) >= 11 is 0. The van der Waals surface area contributed by atoms with E-state index in [9.17, 15) is 5.11 Å². The Labute approximate surface area is 130 Å². The van der Waals surface area contributed by atoms with Gasteiger partial charge in [0.1, 0.15) is 11.0 Å².